The lowest BCUT2D eigenvalue weighted by atomic mass is 10.1. The topological polar surface area (TPSA) is 54.7 Å². The van der Waals surface area contributed by atoms with Gasteiger partial charge in [-0.3, -0.25) is 4.98 Å². The van der Waals surface area contributed by atoms with E-state index in [0.717, 1.165) is 5.69 Å². The zero-order valence-corrected chi connectivity index (χ0v) is 8.20. The number of halogens is 1. The van der Waals surface area contributed by atoms with Crippen molar-refractivity contribution in [1.82, 2.24) is 9.97 Å². The Labute approximate surface area is 86.9 Å². The molecular weight excluding hydrogens is 198 g/mol. The van der Waals surface area contributed by atoms with E-state index in [0.29, 0.717) is 10.7 Å². The van der Waals surface area contributed by atoms with Crippen LogP contribution in [0.3, 0.4) is 0 Å². The van der Waals surface area contributed by atoms with Gasteiger partial charge < -0.3 is 10.7 Å². The summed E-state index contributed by atoms with van der Waals surface area (Å²) in [5, 5.41) is 0.592. The summed E-state index contributed by atoms with van der Waals surface area (Å²) in [5.74, 6) is 0. The molecule has 0 fully saturated rings. The highest BCUT2D eigenvalue weighted by Crippen LogP contribution is 2.22. The minimum absolute atomic E-state index is 0.293. The Morgan fingerprint density at radius 2 is 2.21 bits per heavy atom. The highest BCUT2D eigenvalue weighted by Gasteiger charge is 2.13. The molecule has 0 aliphatic heterocycles. The van der Waals surface area contributed by atoms with Gasteiger partial charge in [0, 0.05) is 18.1 Å². The molecule has 3 nitrogen and oxygen atoms in total. The smallest absolute Gasteiger partial charge is 0.0893 e. The summed E-state index contributed by atoms with van der Waals surface area (Å²) >= 11 is 5.98. The lowest BCUT2D eigenvalue weighted by Gasteiger charge is -2.10. The SMILES string of the molecule is NC(c1ccc[nH]1)c1ncccc1Cl. The number of hydrogen-bond acceptors (Lipinski definition) is 2. The lowest BCUT2D eigenvalue weighted by Crippen LogP contribution is -2.14. The first kappa shape index (κ1) is 9.24. The third-order valence-electron chi connectivity index (χ3n) is 2.04. The summed E-state index contributed by atoms with van der Waals surface area (Å²) in [6.07, 6.45) is 3.51. The number of nitrogens with zero attached hydrogens (tertiary/aromatic N) is 1. The molecule has 2 heterocycles. The first-order valence-corrected chi connectivity index (χ1v) is 4.66. The first-order valence-electron chi connectivity index (χ1n) is 4.28. The van der Waals surface area contributed by atoms with Crippen molar-refractivity contribution in [3.8, 4) is 0 Å². The van der Waals surface area contributed by atoms with Crippen LogP contribution < -0.4 is 5.73 Å². The molecule has 14 heavy (non-hydrogen) atoms. The predicted molar refractivity (Wildman–Crippen MR) is 56.1 cm³/mol. The van der Waals surface area contributed by atoms with E-state index in [1.807, 2.05) is 18.3 Å². The Bertz CT molecular complexity index is 411. The van der Waals surface area contributed by atoms with Gasteiger partial charge in [-0.1, -0.05) is 11.6 Å². The number of rotatable bonds is 2. The van der Waals surface area contributed by atoms with Crippen LogP contribution in [0, 0.1) is 0 Å². The second-order valence-electron chi connectivity index (χ2n) is 2.97. The quantitative estimate of drug-likeness (QED) is 0.793. The molecule has 1 atom stereocenters. The Morgan fingerprint density at radius 3 is 2.86 bits per heavy atom. The molecule has 0 radical (unpaired) electrons. The van der Waals surface area contributed by atoms with Crippen molar-refractivity contribution in [2.24, 2.45) is 5.73 Å². The lowest BCUT2D eigenvalue weighted by molar-refractivity contribution is 0.802. The fraction of sp³-hybridized carbons (Fsp3) is 0.100. The molecule has 2 rings (SSSR count). The molecule has 0 saturated heterocycles. The van der Waals surface area contributed by atoms with Crippen LogP contribution in [0.4, 0.5) is 0 Å². The van der Waals surface area contributed by atoms with E-state index in [1.165, 1.54) is 0 Å². The van der Waals surface area contributed by atoms with E-state index in [4.69, 9.17) is 17.3 Å². The van der Waals surface area contributed by atoms with Crippen molar-refractivity contribution in [2.45, 2.75) is 6.04 Å². The van der Waals surface area contributed by atoms with Gasteiger partial charge >= 0.3 is 0 Å². The molecule has 2 aromatic heterocycles. The van der Waals surface area contributed by atoms with Gasteiger partial charge in [0.05, 0.1) is 16.8 Å². The van der Waals surface area contributed by atoms with E-state index in [-0.39, 0.29) is 6.04 Å². The predicted octanol–water partition coefficient (Wildman–Crippen LogP) is 2.11. The third-order valence-corrected chi connectivity index (χ3v) is 2.36. The standard InChI is InChI=1S/C10H10ClN3/c11-7-3-1-6-14-10(7)9(12)8-4-2-5-13-8/h1-6,9,13H,12H2. The summed E-state index contributed by atoms with van der Waals surface area (Å²) in [6, 6.07) is 7.08. The fourth-order valence-corrected chi connectivity index (χ4v) is 1.55. The van der Waals surface area contributed by atoms with Gasteiger partial charge in [-0.2, -0.15) is 0 Å². The van der Waals surface area contributed by atoms with E-state index in [9.17, 15) is 0 Å². The van der Waals surface area contributed by atoms with Gasteiger partial charge in [-0.15, -0.1) is 0 Å². The number of aromatic amines is 1. The molecule has 0 amide bonds. The maximum Gasteiger partial charge on any atom is 0.0893 e. The van der Waals surface area contributed by atoms with Crippen LogP contribution in [-0.4, -0.2) is 9.97 Å². The minimum atomic E-state index is -0.293. The van der Waals surface area contributed by atoms with Crippen molar-refractivity contribution in [2.75, 3.05) is 0 Å². The van der Waals surface area contributed by atoms with Crippen LogP contribution in [0.1, 0.15) is 17.4 Å². The van der Waals surface area contributed by atoms with Crippen LogP contribution in [0.2, 0.25) is 5.02 Å². The Kier molecular flexibility index (Phi) is 2.52. The molecule has 0 bridgehead atoms. The molecule has 3 N–H and O–H groups in total. The summed E-state index contributed by atoms with van der Waals surface area (Å²) in [6.45, 7) is 0. The maximum absolute atomic E-state index is 5.98. The first-order chi connectivity index (χ1) is 6.79. The summed E-state index contributed by atoms with van der Waals surface area (Å²) in [5.41, 5.74) is 7.58. The van der Waals surface area contributed by atoms with Crippen molar-refractivity contribution in [1.29, 1.82) is 0 Å². The molecular formula is C10H10ClN3. The number of nitrogens with two attached hydrogens (primary N) is 1. The minimum Gasteiger partial charge on any atom is -0.363 e. The molecule has 0 aliphatic carbocycles. The molecule has 1 unspecified atom stereocenters. The van der Waals surface area contributed by atoms with Crippen molar-refractivity contribution in [3.05, 3.63) is 53.1 Å². The maximum atomic E-state index is 5.98. The molecule has 0 saturated carbocycles. The van der Waals surface area contributed by atoms with Crippen LogP contribution in [-0.2, 0) is 0 Å². The van der Waals surface area contributed by atoms with Crippen molar-refractivity contribution < 1.29 is 0 Å². The Hall–Kier alpha value is -1.32. The van der Waals surface area contributed by atoms with Crippen LogP contribution in [0.25, 0.3) is 0 Å². The van der Waals surface area contributed by atoms with E-state index in [1.54, 1.807) is 18.3 Å². The zero-order chi connectivity index (χ0) is 9.97. The number of H-pyrrole nitrogens is 1. The van der Waals surface area contributed by atoms with Gasteiger partial charge in [0.25, 0.3) is 0 Å². The Balaban J connectivity index is 2.37. The second-order valence-corrected chi connectivity index (χ2v) is 3.38. The summed E-state index contributed by atoms with van der Waals surface area (Å²) < 4.78 is 0. The number of nitrogens with one attached hydrogen (secondary N) is 1. The molecule has 0 aromatic carbocycles. The molecule has 72 valence electrons. The van der Waals surface area contributed by atoms with E-state index in [2.05, 4.69) is 9.97 Å². The number of pyridine rings is 1. The molecule has 4 heteroatoms. The van der Waals surface area contributed by atoms with E-state index >= 15 is 0 Å². The van der Waals surface area contributed by atoms with Gasteiger partial charge in [0.15, 0.2) is 0 Å². The highest BCUT2D eigenvalue weighted by atomic mass is 35.5. The fourth-order valence-electron chi connectivity index (χ4n) is 1.31. The second kappa shape index (κ2) is 3.82. The largest absolute Gasteiger partial charge is 0.363 e. The van der Waals surface area contributed by atoms with Gasteiger partial charge in [0.1, 0.15) is 0 Å². The van der Waals surface area contributed by atoms with Crippen LogP contribution >= 0.6 is 11.6 Å². The average Bonchev–Trinajstić information content (AvgIpc) is 2.70. The van der Waals surface area contributed by atoms with Crippen LogP contribution in [0.5, 0.6) is 0 Å². The molecule has 2 aromatic rings. The third kappa shape index (κ3) is 1.64. The number of aromatic nitrogens is 2. The van der Waals surface area contributed by atoms with E-state index < -0.39 is 0 Å². The van der Waals surface area contributed by atoms with Gasteiger partial charge in [-0.25, -0.2) is 0 Å². The van der Waals surface area contributed by atoms with Crippen molar-refractivity contribution in [3.63, 3.8) is 0 Å². The molecule has 0 aliphatic rings. The van der Waals surface area contributed by atoms with Crippen LogP contribution in [0.15, 0.2) is 36.7 Å². The van der Waals surface area contributed by atoms with Gasteiger partial charge in [-0.05, 0) is 24.3 Å². The zero-order valence-electron chi connectivity index (χ0n) is 7.44. The monoisotopic (exact) mass is 207 g/mol. The average molecular weight is 208 g/mol. The van der Waals surface area contributed by atoms with Crippen molar-refractivity contribution >= 4 is 11.6 Å². The Morgan fingerprint density at radius 1 is 1.36 bits per heavy atom. The van der Waals surface area contributed by atoms with Gasteiger partial charge in [0.2, 0.25) is 0 Å². The highest BCUT2D eigenvalue weighted by molar-refractivity contribution is 6.31. The number of hydrogen-bond donors (Lipinski definition) is 2. The summed E-state index contributed by atoms with van der Waals surface area (Å²) in [7, 11) is 0. The normalized spacial score (nSPS) is 12.7. The summed E-state index contributed by atoms with van der Waals surface area (Å²) in [4.78, 5) is 7.20. The molecule has 0 spiro atoms.